The highest BCUT2D eigenvalue weighted by molar-refractivity contribution is 5.84. The first-order valence-corrected chi connectivity index (χ1v) is 7.71. The van der Waals surface area contributed by atoms with E-state index < -0.39 is 23.6 Å². The van der Waals surface area contributed by atoms with Crippen molar-refractivity contribution < 1.29 is 27.8 Å². The van der Waals surface area contributed by atoms with Gasteiger partial charge < -0.3 is 9.47 Å². The first-order chi connectivity index (χ1) is 12.6. The standard InChI is InChI=1S/C20H16F2O4/c21-17-9-3-1-7-15(17)13-25-19(23)11-5-6-12-20(24)26-14-16-8-2-4-10-18(16)22/h1-12H,13-14H2/b11-5+,12-6+. The molecule has 0 fully saturated rings. The fourth-order valence-corrected chi connectivity index (χ4v) is 1.89. The van der Waals surface area contributed by atoms with Crippen LogP contribution in [-0.2, 0) is 32.3 Å². The second kappa shape index (κ2) is 9.88. The van der Waals surface area contributed by atoms with Crippen LogP contribution in [0.2, 0.25) is 0 Å². The Labute approximate surface area is 149 Å². The van der Waals surface area contributed by atoms with Crippen molar-refractivity contribution in [3.05, 3.63) is 95.6 Å². The molecule has 0 unspecified atom stereocenters. The van der Waals surface area contributed by atoms with Crippen LogP contribution >= 0.6 is 0 Å². The summed E-state index contributed by atoms with van der Waals surface area (Å²) in [6, 6.07) is 11.9. The van der Waals surface area contributed by atoms with Gasteiger partial charge in [-0.15, -0.1) is 0 Å². The van der Waals surface area contributed by atoms with Crippen molar-refractivity contribution in [2.75, 3.05) is 0 Å². The van der Waals surface area contributed by atoms with Crippen molar-refractivity contribution in [1.82, 2.24) is 0 Å². The van der Waals surface area contributed by atoms with Crippen LogP contribution in [0, 0.1) is 11.6 Å². The zero-order chi connectivity index (χ0) is 18.8. The number of hydrogen-bond donors (Lipinski definition) is 0. The first kappa shape index (κ1) is 19.1. The Morgan fingerprint density at radius 3 is 1.50 bits per heavy atom. The molecule has 0 aromatic heterocycles. The van der Waals surface area contributed by atoms with E-state index in [0.29, 0.717) is 0 Å². The molecule has 6 heteroatoms. The van der Waals surface area contributed by atoms with Gasteiger partial charge in [0.05, 0.1) is 0 Å². The molecule has 0 spiro atoms. The van der Waals surface area contributed by atoms with Gasteiger partial charge in [0.25, 0.3) is 0 Å². The third-order valence-electron chi connectivity index (χ3n) is 3.23. The van der Waals surface area contributed by atoms with E-state index in [1.54, 1.807) is 12.1 Å². The number of hydrogen-bond acceptors (Lipinski definition) is 4. The molecule has 0 N–H and O–H groups in total. The van der Waals surface area contributed by atoms with Crippen molar-refractivity contribution in [3.8, 4) is 0 Å². The lowest BCUT2D eigenvalue weighted by atomic mass is 10.2. The number of carbonyl (C=O) groups excluding carboxylic acids is 2. The predicted octanol–water partition coefficient (Wildman–Crippen LogP) is 3.86. The van der Waals surface area contributed by atoms with Crippen molar-refractivity contribution in [2.24, 2.45) is 0 Å². The number of allylic oxidation sites excluding steroid dienone is 2. The zero-order valence-electron chi connectivity index (χ0n) is 13.7. The maximum atomic E-state index is 13.4. The molecule has 0 atom stereocenters. The maximum Gasteiger partial charge on any atom is 0.331 e. The van der Waals surface area contributed by atoms with Crippen LogP contribution in [0.25, 0.3) is 0 Å². The van der Waals surface area contributed by atoms with Crippen molar-refractivity contribution in [3.63, 3.8) is 0 Å². The third kappa shape index (κ3) is 6.32. The fraction of sp³-hybridized carbons (Fsp3) is 0.100. The second-order valence-electron chi connectivity index (χ2n) is 5.12. The molecule has 0 aliphatic carbocycles. The molecule has 0 heterocycles. The molecule has 0 amide bonds. The van der Waals surface area contributed by atoms with Gasteiger partial charge in [0.15, 0.2) is 0 Å². The van der Waals surface area contributed by atoms with Crippen LogP contribution in [-0.4, -0.2) is 11.9 Å². The summed E-state index contributed by atoms with van der Waals surface area (Å²) in [5, 5.41) is 0. The summed E-state index contributed by atoms with van der Waals surface area (Å²) in [7, 11) is 0. The summed E-state index contributed by atoms with van der Waals surface area (Å²) in [4.78, 5) is 23.0. The van der Waals surface area contributed by atoms with Crippen LogP contribution in [0.5, 0.6) is 0 Å². The van der Waals surface area contributed by atoms with Gasteiger partial charge in [-0.3, -0.25) is 0 Å². The molecule has 2 aromatic rings. The van der Waals surface area contributed by atoms with Gasteiger partial charge in [-0.1, -0.05) is 48.6 Å². The van der Waals surface area contributed by atoms with Crippen LogP contribution < -0.4 is 0 Å². The lowest BCUT2D eigenvalue weighted by Gasteiger charge is -2.03. The van der Waals surface area contributed by atoms with Gasteiger partial charge in [-0.2, -0.15) is 0 Å². The quantitative estimate of drug-likeness (QED) is 0.428. The first-order valence-electron chi connectivity index (χ1n) is 7.71. The monoisotopic (exact) mass is 358 g/mol. The highest BCUT2D eigenvalue weighted by Gasteiger charge is 2.04. The maximum absolute atomic E-state index is 13.4. The Morgan fingerprint density at radius 1 is 0.731 bits per heavy atom. The molecule has 0 aliphatic heterocycles. The molecular weight excluding hydrogens is 342 g/mol. The number of ether oxygens (including phenoxy) is 2. The molecule has 26 heavy (non-hydrogen) atoms. The number of benzene rings is 2. The van der Waals surface area contributed by atoms with E-state index in [1.807, 2.05) is 0 Å². The Balaban J connectivity index is 1.72. The largest absolute Gasteiger partial charge is 0.458 e. The summed E-state index contributed by atoms with van der Waals surface area (Å²) in [6.07, 6.45) is 4.74. The average molecular weight is 358 g/mol. The van der Waals surface area contributed by atoms with Gasteiger partial charge in [0.2, 0.25) is 0 Å². The molecule has 0 aliphatic rings. The van der Waals surface area contributed by atoms with Crippen LogP contribution in [0.4, 0.5) is 8.78 Å². The minimum atomic E-state index is -0.683. The lowest BCUT2D eigenvalue weighted by Crippen LogP contribution is -2.03. The van der Waals surface area contributed by atoms with Crippen LogP contribution in [0.1, 0.15) is 11.1 Å². The summed E-state index contributed by atoms with van der Waals surface area (Å²) < 4.78 is 36.5. The molecule has 4 nitrogen and oxygen atoms in total. The number of carbonyl (C=O) groups is 2. The van der Waals surface area contributed by atoms with E-state index in [-0.39, 0.29) is 24.3 Å². The van der Waals surface area contributed by atoms with Gasteiger partial charge in [-0.05, 0) is 12.1 Å². The molecule has 0 bridgehead atoms. The third-order valence-corrected chi connectivity index (χ3v) is 3.23. The molecule has 0 radical (unpaired) electrons. The summed E-state index contributed by atoms with van der Waals surface area (Å²) in [6.45, 7) is -0.380. The van der Waals surface area contributed by atoms with Crippen molar-refractivity contribution in [2.45, 2.75) is 13.2 Å². The smallest absolute Gasteiger partial charge is 0.331 e. The van der Waals surface area contributed by atoms with Crippen molar-refractivity contribution in [1.29, 1.82) is 0 Å². The minimum absolute atomic E-state index is 0.190. The van der Waals surface area contributed by atoms with E-state index >= 15 is 0 Å². The normalized spacial score (nSPS) is 11.0. The van der Waals surface area contributed by atoms with E-state index in [4.69, 9.17) is 9.47 Å². The van der Waals surface area contributed by atoms with E-state index in [9.17, 15) is 18.4 Å². The average Bonchev–Trinajstić information content (AvgIpc) is 2.64. The Morgan fingerprint density at radius 2 is 1.12 bits per heavy atom. The molecule has 2 aromatic carbocycles. The van der Waals surface area contributed by atoms with Crippen molar-refractivity contribution >= 4 is 11.9 Å². The zero-order valence-corrected chi connectivity index (χ0v) is 13.7. The SMILES string of the molecule is O=C(/C=C/C=C/C(=O)OCc1ccccc1F)OCc1ccccc1F. The Bertz CT molecular complexity index is 759. The Kier molecular flexibility index (Phi) is 7.24. The summed E-state index contributed by atoms with van der Waals surface area (Å²) in [5.41, 5.74) is 0.531. The number of esters is 2. The topological polar surface area (TPSA) is 52.6 Å². The van der Waals surface area contributed by atoms with Gasteiger partial charge in [0, 0.05) is 23.3 Å². The molecular formula is C20H16F2O4. The Hall–Kier alpha value is -3.28. The molecule has 2 rings (SSSR count). The minimum Gasteiger partial charge on any atom is -0.458 e. The van der Waals surface area contributed by atoms with E-state index in [2.05, 4.69) is 0 Å². The van der Waals surface area contributed by atoms with Gasteiger partial charge in [-0.25, -0.2) is 18.4 Å². The molecule has 0 saturated carbocycles. The van der Waals surface area contributed by atoms with E-state index in [0.717, 1.165) is 12.2 Å². The van der Waals surface area contributed by atoms with E-state index in [1.165, 1.54) is 48.6 Å². The summed E-state index contributed by atoms with van der Waals surface area (Å²) in [5.74, 6) is -2.28. The van der Waals surface area contributed by atoms with Gasteiger partial charge in [0.1, 0.15) is 24.8 Å². The fourth-order valence-electron chi connectivity index (χ4n) is 1.89. The predicted molar refractivity (Wildman–Crippen MR) is 90.7 cm³/mol. The molecule has 0 saturated heterocycles. The second-order valence-corrected chi connectivity index (χ2v) is 5.12. The van der Waals surface area contributed by atoms with Crippen LogP contribution in [0.3, 0.4) is 0 Å². The number of rotatable bonds is 7. The van der Waals surface area contributed by atoms with Crippen LogP contribution in [0.15, 0.2) is 72.8 Å². The number of halogens is 2. The summed E-state index contributed by atoms with van der Waals surface area (Å²) >= 11 is 0. The van der Waals surface area contributed by atoms with Gasteiger partial charge >= 0.3 is 11.9 Å². The highest BCUT2D eigenvalue weighted by Crippen LogP contribution is 2.08. The molecule has 134 valence electrons. The highest BCUT2D eigenvalue weighted by atomic mass is 19.1. The lowest BCUT2D eigenvalue weighted by molar-refractivity contribution is -0.140.